The predicted octanol–water partition coefficient (Wildman–Crippen LogP) is 3.46. The fourth-order valence-corrected chi connectivity index (χ4v) is 1.57. The van der Waals surface area contributed by atoms with E-state index in [0.717, 1.165) is 11.1 Å². The van der Waals surface area contributed by atoms with Gasteiger partial charge in [0.15, 0.2) is 0 Å². The van der Waals surface area contributed by atoms with Crippen molar-refractivity contribution in [2.75, 3.05) is 0 Å². The Morgan fingerprint density at radius 3 is 2.79 bits per heavy atom. The molecule has 2 rings (SSSR count). The molecule has 14 heavy (non-hydrogen) atoms. The van der Waals surface area contributed by atoms with Crippen LogP contribution in [0.4, 0.5) is 0 Å². The quantitative estimate of drug-likeness (QED) is 0.798. The second-order valence-electron chi connectivity index (χ2n) is 2.80. The summed E-state index contributed by atoms with van der Waals surface area (Å²) < 4.78 is 5.22. The standard InChI is InChI=1S/C9H6BrClN2O/c1-5-3-2-4-6(7(5)11)8-12-13-9(10)14-8/h2-4H,1H3. The molecule has 1 aromatic heterocycles. The lowest BCUT2D eigenvalue weighted by atomic mass is 10.1. The first-order valence-electron chi connectivity index (χ1n) is 3.93. The summed E-state index contributed by atoms with van der Waals surface area (Å²) in [5, 5.41) is 8.19. The highest BCUT2D eigenvalue weighted by molar-refractivity contribution is 9.10. The molecule has 0 aliphatic rings. The molecule has 0 fully saturated rings. The van der Waals surface area contributed by atoms with E-state index in [4.69, 9.17) is 16.0 Å². The van der Waals surface area contributed by atoms with Gasteiger partial charge in [-0.1, -0.05) is 23.7 Å². The molecule has 3 nitrogen and oxygen atoms in total. The SMILES string of the molecule is Cc1cccc(-c2nnc(Br)o2)c1Cl. The molecule has 0 radical (unpaired) electrons. The van der Waals surface area contributed by atoms with Crippen molar-refractivity contribution in [2.24, 2.45) is 0 Å². The molecule has 1 heterocycles. The number of aromatic nitrogens is 2. The summed E-state index contributed by atoms with van der Waals surface area (Å²) >= 11 is 9.18. The van der Waals surface area contributed by atoms with Gasteiger partial charge in [0.05, 0.1) is 10.6 Å². The fourth-order valence-electron chi connectivity index (χ4n) is 1.13. The number of hydrogen-bond donors (Lipinski definition) is 0. The van der Waals surface area contributed by atoms with Gasteiger partial charge in [-0.15, -0.1) is 10.2 Å². The van der Waals surface area contributed by atoms with E-state index in [1.807, 2.05) is 25.1 Å². The van der Waals surface area contributed by atoms with E-state index in [-0.39, 0.29) is 0 Å². The van der Waals surface area contributed by atoms with Crippen LogP contribution in [0.5, 0.6) is 0 Å². The van der Waals surface area contributed by atoms with Crippen LogP contribution in [0, 0.1) is 6.92 Å². The van der Waals surface area contributed by atoms with E-state index in [9.17, 15) is 0 Å². The molecule has 2 aromatic rings. The summed E-state index contributed by atoms with van der Waals surface area (Å²) in [6.07, 6.45) is 0. The number of halogens is 2. The maximum atomic E-state index is 6.09. The monoisotopic (exact) mass is 272 g/mol. The minimum absolute atomic E-state index is 0.352. The van der Waals surface area contributed by atoms with Crippen molar-refractivity contribution in [3.8, 4) is 11.5 Å². The molecule has 0 aliphatic heterocycles. The van der Waals surface area contributed by atoms with Crippen LogP contribution in [0.3, 0.4) is 0 Å². The largest absolute Gasteiger partial charge is 0.411 e. The number of hydrogen-bond acceptors (Lipinski definition) is 3. The zero-order chi connectivity index (χ0) is 10.1. The highest BCUT2D eigenvalue weighted by atomic mass is 79.9. The van der Waals surface area contributed by atoms with Crippen LogP contribution in [0.15, 0.2) is 27.4 Å². The molecule has 72 valence electrons. The summed E-state index contributed by atoms with van der Waals surface area (Å²) in [4.78, 5) is 0.352. The van der Waals surface area contributed by atoms with Gasteiger partial charge in [-0.25, -0.2) is 0 Å². The van der Waals surface area contributed by atoms with E-state index in [0.29, 0.717) is 15.7 Å². The zero-order valence-electron chi connectivity index (χ0n) is 7.29. The summed E-state index contributed by atoms with van der Waals surface area (Å²) in [6, 6.07) is 5.67. The Morgan fingerprint density at radius 1 is 1.36 bits per heavy atom. The topological polar surface area (TPSA) is 38.9 Å². The van der Waals surface area contributed by atoms with Crippen LogP contribution >= 0.6 is 27.5 Å². The number of nitrogens with zero attached hydrogens (tertiary/aromatic N) is 2. The minimum Gasteiger partial charge on any atom is -0.411 e. The van der Waals surface area contributed by atoms with Crippen LogP contribution in [0.1, 0.15) is 5.56 Å². The Hall–Kier alpha value is -0.870. The third kappa shape index (κ3) is 1.67. The highest BCUT2D eigenvalue weighted by Crippen LogP contribution is 2.29. The zero-order valence-corrected chi connectivity index (χ0v) is 9.63. The molecule has 0 saturated heterocycles. The second-order valence-corrected chi connectivity index (χ2v) is 3.85. The van der Waals surface area contributed by atoms with E-state index in [2.05, 4.69) is 26.1 Å². The second kappa shape index (κ2) is 3.71. The van der Waals surface area contributed by atoms with E-state index in [1.54, 1.807) is 0 Å². The molecule has 5 heteroatoms. The summed E-state index contributed by atoms with van der Waals surface area (Å²) in [7, 11) is 0. The van der Waals surface area contributed by atoms with E-state index < -0.39 is 0 Å². The van der Waals surface area contributed by atoms with Crippen molar-refractivity contribution in [3.05, 3.63) is 33.6 Å². The molecule has 0 spiro atoms. The molecule has 0 atom stereocenters. The van der Waals surface area contributed by atoms with Gasteiger partial charge in [0, 0.05) is 15.9 Å². The Bertz CT molecular complexity index is 470. The van der Waals surface area contributed by atoms with Crippen molar-refractivity contribution in [1.82, 2.24) is 10.2 Å². The van der Waals surface area contributed by atoms with E-state index in [1.165, 1.54) is 0 Å². The molecular formula is C9H6BrClN2O. The minimum atomic E-state index is 0.352. The fraction of sp³-hybridized carbons (Fsp3) is 0.111. The smallest absolute Gasteiger partial charge is 0.285 e. The molecular weight excluding hydrogens is 267 g/mol. The summed E-state index contributed by atoms with van der Waals surface area (Å²) in [5.41, 5.74) is 1.74. The van der Waals surface area contributed by atoms with E-state index >= 15 is 0 Å². The van der Waals surface area contributed by atoms with Gasteiger partial charge in [0.2, 0.25) is 5.89 Å². The van der Waals surface area contributed by atoms with Crippen molar-refractivity contribution in [2.45, 2.75) is 6.92 Å². The number of benzene rings is 1. The lowest BCUT2D eigenvalue weighted by Crippen LogP contribution is -1.82. The molecule has 0 unspecified atom stereocenters. The highest BCUT2D eigenvalue weighted by Gasteiger charge is 2.11. The third-order valence-electron chi connectivity index (χ3n) is 1.82. The molecule has 0 N–H and O–H groups in total. The van der Waals surface area contributed by atoms with Gasteiger partial charge in [0.1, 0.15) is 0 Å². The number of aryl methyl sites for hydroxylation is 1. The molecule has 1 aromatic carbocycles. The third-order valence-corrected chi connectivity index (χ3v) is 2.64. The molecule has 0 bridgehead atoms. The molecule has 0 saturated carbocycles. The maximum Gasteiger partial charge on any atom is 0.285 e. The average Bonchev–Trinajstić information content (AvgIpc) is 2.57. The predicted molar refractivity (Wildman–Crippen MR) is 57.2 cm³/mol. The molecule has 0 amide bonds. The molecule has 0 aliphatic carbocycles. The van der Waals surface area contributed by atoms with Crippen molar-refractivity contribution < 1.29 is 4.42 Å². The summed E-state index contributed by atoms with van der Waals surface area (Å²) in [6.45, 7) is 1.93. The first kappa shape index (κ1) is 9.68. The summed E-state index contributed by atoms with van der Waals surface area (Å²) in [5.74, 6) is 0.422. The lowest BCUT2D eigenvalue weighted by Gasteiger charge is -2.00. The van der Waals surface area contributed by atoms with Crippen molar-refractivity contribution >= 4 is 27.5 Å². The van der Waals surface area contributed by atoms with Crippen LogP contribution in [0.2, 0.25) is 5.02 Å². The Labute approximate surface area is 94.2 Å². The maximum absolute atomic E-state index is 6.09. The van der Waals surface area contributed by atoms with Gasteiger partial charge in [-0.2, -0.15) is 0 Å². The normalized spacial score (nSPS) is 10.5. The van der Waals surface area contributed by atoms with Crippen LogP contribution in [-0.2, 0) is 0 Å². The number of rotatable bonds is 1. The van der Waals surface area contributed by atoms with Gasteiger partial charge < -0.3 is 4.42 Å². The average molecular weight is 274 g/mol. The van der Waals surface area contributed by atoms with Gasteiger partial charge in [-0.3, -0.25) is 0 Å². The van der Waals surface area contributed by atoms with Gasteiger partial charge >= 0.3 is 0 Å². The van der Waals surface area contributed by atoms with Gasteiger partial charge in [-0.05, 0) is 18.6 Å². The van der Waals surface area contributed by atoms with Gasteiger partial charge in [0.25, 0.3) is 4.80 Å². The Balaban J connectivity index is 2.57. The van der Waals surface area contributed by atoms with Crippen LogP contribution in [0.25, 0.3) is 11.5 Å². The lowest BCUT2D eigenvalue weighted by molar-refractivity contribution is 0.540. The first-order valence-corrected chi connectivity index (χ1v) is 5.10. The first-order chi connectivity index (χ1) is 6.68. The van der Waals surface area contributed by atoms with Crippen LogP contribution in [-0.4, -0.2) is 10.2 Å². The van der Waals surface area contributed by atoms with Crippen molar-refractivity contribution in [3.63, 3.8) is 0 Å². The Morgan fingerprint density at radius 2 is 2.14 bits per heavy atom. The van der Waals surface area contributed by atoms with Crippen LogP contribution < -0.4 is 0 Å². The van der Waals surface area contributed by atoms with Crippen molar-refractivity contribution in [1.29, 1.82) is 0 Å². The Kier molecular flexibility index (Phi) is 2.56.